The maximum absolute atomic E-state index is 12.3. The van der Waals surface area contributed by atoms with E-state index in [0.29, 0.717) is 11.3 Å². The number of ether oxygens (including phenoxy) is 2. The van der Waals surface area contributed by atoms with Crippen molar-refractivity contribution in [1.82, 2.24) is 4.98 Å². The lowest BCUT2D eigenvalue weighted by molar-refractivity contribution is -0.274. The van der Waals surface area contributed by atoms with Crippen LogP contribution in [0.2, 0.25) is 0 Å². The SMILES string of the molecule is COc1ccc(-c2csc(N=C([O-])C=Cc3cccc(OC(F)(F)F)c3)n2)cc1. The van der Waals surface area contributed by atoms with Crippen LogP contribution in [0.15, 0.2) is 65.0 Å². The Balaban J connectivity index is 1.70. The Labute approximate surface area is 168 Å². The first-order valence-corrected chi connectivity index (χ1v) is 9.10. The van der Waals surface area contributed by atoms with Crippen LogP contribution in [0.3, 0.4) is 0 Å². The maximum Gasteiger partial charge on any atom is 0.573 e. The van der Waals surface area contributed by atoms with Gasteiger partial charge in [-0.3, -0.25) is 0 Å². The van der Waals surface area contributed by atoms with Crippen LogP contribution in [-0.4, -0.2) is 24.4 Å². The molecule has 0 fully saturated rings. The van der Waals surface area contributed by atoms with E-state index < -0.39 is 12.3 Å². The van der Waals surface area contributed by atoms with Gasteiger partial charge in [-0.2, -0.15) is 0 Å². The number of halogens is 3. The Morgan fingerprint density at radius 1 is 1.14 bits per heavy atom. The van der Waals surface area contributed by atoms with Gasteiger partial charge in [0, 0.05) is 10.9 Å². The molecule has 3 rings (SSSR count). The number of benzene rings is 2. The standard InChI is InChI=1S/C20H15F3N2O3S/c1-27-15-8-6-14(7-9-15)17-12-29-19(24-17)25-18(26)10-5-13-3-2-4-16(11-13)28-20(21,22)23/h2-12H,1H3,(H,24,25,26)/p-1. The third kappa shape index (κ3) is 6.08. The Morgan fingerprint density at radius 3 is 2.59 bits per heavy atom. The van der Waals surface area contributed by atoms with E-state index in [1.165, 1.54) is 41.7 Å². The van der Waals surface area contributed by atoms with Gasteiger partial charge in [-0.05, 0) is 47.9 Å². The molecule has 0 radical (unpaired) electrons. The molecule has 0 amide bonds. The monoisotopic (exact) mass is 419 g/mol. The number of rotatable bonds is 6. The molecule has 0 N–H and O–H groups in total. The number of aromatic nitrogens is 1. The van der Waals surface area contributed by atoms with Crippen LogP contribution < -0.4 is 14.6 Å². The van der Waals surface area contributed by atoms with E-state index in [1.807, 2.05) is 12.1 Å². The number of nitrogens with zero attached hydrogens (tertiary/aromatic N) is 2. The van der Waals surface area contributed by atoms with Crippen molar-refractivity contribution in [3.8, 4) is 22.8 Å². The lowest BCUT2D eigenvalue weighted by Gasteiger charge is -2.09. The highest BCUT2D eigenvalue weighted by Crippen LogP contribution is 2.28. The fourth-order valence-corrected chi connectivity index (χ4v) is 3.02. The second-order valence-electron chi connectivity index (χ2n) is 5.65. The smallest absolute Gasteiger partial charge is 0.573 e. The Kier molecular flexibility index (Phi) is 6.18. The summed E-state index contributed by atoms with van der Waals surface area (Å²) >= 11 is 1.20. The molecule has 0 spiro atoms. The molecule has 1 heterocycles. The van der Waals surface area contributed by atoms with Crippen LogP contribution >= 0.6 is 11.3 Å². The van der Waals surface area contributed by atoms with E-state index in [1.54, 1.807) is 24.6 Å². The van der Waals surface area contributed by atoms with Gasteiger partial charge in [0.1, 0.15) is 11.5 Å². The van der Waals surface area contributed by atoms with Gasteiger partial charge in [-0.1, -0.05) is 24.3 Å². The summed E-state index contributed by atoms with van der Waals surface area (Å²) in [5.41, 5.74) is 1.89. The van der Waals surface area contributed by atoms with Crippen LogP contribution in [0.1, 0.15) is 5.56 Å². The predicted molar refractivity (Wildman–Crippen MR) is 103 cm³/mol. The average Bonchev–Trinajstić information content (AvgIpc) is 3.14. The molecule has 0 aliphatic heterocycles. The van der Waals surface area contributed by atoms with Gasteiger partial charge in [-0.15, -0.1) is 24.5 Å². The zero-order valence-electron chi connectivity index (χ0n) is 15.0. The summed E-state index contributed by atoms with van der Waals surface area (Å²) in [6, 6.07) is 12.6. The lowest BCUT2D eigenvalue weighted by atomic mass is 10.2. The maximum atomic E-state index is 12.3. The number of hydrogen-bond donors (Lipinski definition) is 0. The molecule has 9 heteroatoms. The van der Waals surface area contributed by atoms with Crippen molar-refractivity contribution >= 4 is 28.4 Å². The van der Waals surface area contributed by atoms with Gasteiger partial charge in [0.15, 0.2) is 0 Å². The van der Waals surface area contributed by atoms with Gasteiger partial charge in [0.2, 0.25) is 5.13 Å². The van der Waals surface area contributed by atoms with Crippen molar-refractivity contribution in [3.05, 3.63) is 65.6 Å². The zero-order valence-corrected chi connectivity index (χ0v) is 15.8. The van der Waals surface area contributed by atoms with Crippen molar-refractivity contribution in [2.45, 2.75) is 6.36 Å². The van der Waals surface area contributed by atoms with E-state index in [9.17, 15) is 18.3 Å². The predicted octanol–water partition coefficient (Wildman–Crippen LogP) is 4.82. The summed E-state index contributed by atoms with van der Waals surface area (Å²) in [4.78, 5) is 8.18. The normalized spacial score (nSPS) is 12.3. The molecule has 1 aromatic heterocycles. The lowest BCUT2D eigenvalue weighted by Crippen LogP contribution is -2.17. The number of hydrogen-bond acceptors (Lipinski definition) is 6. The molecule has 0 aliphatic rings. The Hall–Kier alpha value is -3.33. The first-order chi connectivity index (χ1) is 13.8. The molecule has 0 bridgehead atoms. The number of methoxy groups -OCH3 is 1. The highest BCUT2D eigenvalue weighted by molar-refractivity contribution is 7.13. The zero-order chi connectivity index (χ0) is 20.9. The minimum absolute atomic E-state index is 0.277. The van der Waals surface area contributed by atoms with Crippen LogP contribution in [0.5, 0.6) is 11.5 Å². The summed E-state index contributed by atoms with van der Waals surface area (Å²) in [6.07, 6.45) is -2.27. The van der Waals surface area contributed by atoms with E-state index in [-0.39, 0.29) is 10.9 Å². The first-order valence-electron chi connectivity index (χ1n) is 8.22. The molecular formula is C20H14F3N2O3S-. The molecule has 150 valence electrons. The topological polar surface area (TPSA) is 66.8 Å². The van der Waals surface area contributed by atoms with Gasteiger partial charge < -0.3 is 14.6 Å². The van der Waals surface area contributed by atoms with Crippen LogP contribution in [0.4, 0.5) is 18.3 Å². The number of thiazole rings is 1. The van der Waals surface area contributed by atoms with Gasteiger partial charge >= 0.3 is 6.36 Å². The van der Waals surface area contributed by atoms with Crippen molar-refractivity contribution in [3.63, 3.8) is 0 Å². The van der Waals surface area contributed by atoms with Crippen molar-refractivity contribution in [1.29, 1.82) is 0 Å². The fourth-order valence-electron chi connectivity index (χ4n) is 2.32. The van der Waals surface area contributed by atoms with Gasteiger partial charge in [-0.25, -0.2) is 9.98 Å². The molecule has 0 saturated heterocycles. The average molecular weight is 419 g/mol. The summed E-state index contributed by atoms with van der Waals surface area (Å²) in [5, 5.41) is 14.1. The van der Waals surface area contributed by atoms with Crippen molar-refractivity contribution in [2.75, 3.05) is 7.11 Å². The Morgan fingerprint density at radius 2 is 1.90 bits per heavy atom. The number of aliphatic imine (C=N–C) groups is 1. The third-order valence-corrected chi connectivity index (χ3v) is 4.33. The highest BCUT2D eigenvalue weighted by Gasteiger charge is 2.30. The van der Waals surface area contributed by atoms with Crippen molar-refractivity contribution in [2.24, 2.45) is 4.99 Å². The van der Waals surface area contributed by atoms with Crippen molar-refractivity contribution < 1.29 is 27.8 Å². The molecule has 0 atom stereocenters. The third-order valence-electron chi connectivity index (χ3n) is 3.59. The van der Waals surface area contributed by atoms with Crippen LogP contribution in [0, 0.1) is 0 Å². The summed E-state index contributed by atoms with van der Waals surface area (Å²) in [6.45, 7) is 0. The minimum atomic E-state index is -4.78. The van der Waals surface area contributed by atoms with E-state index >= 15 is 0 Å². The molecule has 0 unspecified atom stereocenters. The fraction of sp³-hybridized carbons (Fsp3) is 0.100. The summed E-state index contributed by atoms with van der Waals surface area (Å²) in [5.74, 6) is -0.227. The molecule has 3 aromatic rings. The molecule has 0 saturated carbocycles. The van der Waals surface area contributed by atoms with Crippen LogP contribution in [-0.2, 0) is 0 Å². The minimum Gasteiger partial charge on any atom is -0.859 e. The quantitative estimate of drug-likeness (QED) is 0.424. The molecule has 2 aromatic carbocycles. The second-order valence-corrected chi connectivity index (χ2v) is 6.48. The van der Waals surface area contributed by atoms with E-state index in [0.717, 1.165) is 17.4 Å². The van der Waals surface area contributed by atoms with E-state index in [2.05, 4.69) is 14.7 Å². The molecule has 5 nitrogen and oxygen atoms in total. The second kappa shape index (κ2) is 8.78. The van der Waals surface area contributed by atoms with E-state index in [4.69, 9.17) is 4.74 Å². The van der Waals surface area contributed by atoms with Crippen LogP contribution in [0.25, 0.3) is 17.3 Å². The molecule has 29 heavy (non-hydrogen) atoms. The summed E-state index contributed by atoms with van der Waals surface area (Å²) < 4.78 is 45.8. The van der Waals surface area contributed by atoms with Gasteiger partial charge in [0.25, 0.3) is 0 Å². The first kappa shape index (κ1) is 20.4. The highest BCUT2D eigenvalue weighted by atomic mass is 32.1. The Bertz CT molecular complexity index is 1030. The number of alkyl halides is 3. The largest absolute Gasteiger partial charge is 0.859 e. The van der Waals surface area contributed by atoms with Gasteiger partial charge in [0.05, 0.1) is 12.8 Å². The molecular weight excluding hydrogens is 405 g/mol. The molecule has 0 aliphatic carbocycles. The summed E-state index contributed by atoms with van der Waals surface area (Å²) in [7, 11) is 1.58.